The molecule has 78 valence electrons. The van der Waals surface area contributed by atoms with E-state index in [4.69, 9.17) is 0 Å². The number of para-hydroxylation sites is 1. The Balaban J connectivity index is 2.37. The standard InChI is InChI=1S/C10H12N4S/c1-8(2)14(10-11-12-13-15-10)9-6-4-3-5-7-9/h3-8H,1-2H3. The number of benzene rings is 1. The zero-order valence-electron chi connectivity index (χ0n) is 8.66. The molecule has 1 heterocycles. The van der Waals surface area contributed by atoms with Crippen LogP contribution in [0.2, 0.25) is 0 Å². The molecule has 1 aromatic heterocycles. The lowest BCUT2D eigenvalue weighted by atomic mass is 10.2. The second kappa shape index (κ2) is 4.35. The highest BCUT2D eigenvalue weighted by Crippen LogP contribution is 2.27. The average Bonchev–Trinajstić information content (AvgIpc) is 2.72. The summed E-state index contributed by atoms with van der Waals surface area (Å²) in [7, 11) is 0. The molecule has 0 unspecified atom stereocenters. The molecule has 15 heavy (non-hydrogen) atoms. The molecule has 4 nitrogen and oxygen atoms in total. The van der Waals surface area contributed by atoms with Crippen LogP contribution in [0.3, 0.4) is 0 Å². The van der Waals surface area contributed by atoms with Gasteiger partial charge in [-0.15, -0.1) is 0 Å². The smallest absolute Gasteiger partial charge is 0.232 e. The van der Waals surface area contributed by atoms with Gasteiger partial charge in [-0.3, -0.25) is 0 Å². The van der Waals surface area contributed by atoms with Gasteiger partial charge in [0, 0.05) is 23.3 Å². The minimum atomic E-state index is 0.335. The summed E-state index contributed by atoms with van der Waals surface area (Å²) < 4.78 is 3.79. The summed E-state index contributed by atoms with van der Waals surface area (Å²) >= 11 is 1.31. The Bertz CT molecular complexity index is 399. The Hall–Kier alpha value is -1.49. The molecule has 0 bridgehead atoms. The Morgan fingerprint density at radius 1 is 1.20 bits per heavy atom. The number of hydrogen-bond acceptors (Lipinski definition) is 5. The van der Waals surface area contributed by atoms with Crippen LogP contribution in [0.4, 0.5) is 10.8 Å². The van der Waals surface area contributed by atoms with E-state index in [1.54, 1.807) is 0 Å². The molecule has 0 radical (unpaired) electrons. The molecule has 0 aliphatic heterocycles. The number of nitrogens with zero attached hydrogens (tertiary/aromatic N) is 4. The van der Waals surface area contributed by atoms with Gasteiger partial charge in [0.1, 0.15) is 0 Å². The van der Waals surface area contributed by atoms with Gasteiger partial charge in [-0.25, -0.2) is 0 Å². The van der Waals surface area contributed by atoms with Crippen molar-refractivity contribution >= 4 is 22.4 Å². The molecule has 2 aromatic rings. The van der Waals surface area contributed by atoms with Crippen LogP contribution >= 0.6 is 11.5 Å². The van der Waals surface area contributed by atoms with Crippen LogP contribution in [0.5, 0.6) is 0 Å². The molecule has 0 saturated heterocycles. The van der Waals surface area contributed by atoms with Gasteiger partial charge in [0.15, 0.2) is 0 Å². The van der Waals surface area contributed by atoms with Crippen molar-refractivity contribution in [2.24, 2.45) is 0 Å². The van der Waals surface area contributed by atoms with Gasteiger partial charge >= 0.3 is 0 Å². The van der Waals surface area contributed by atoms with E-state index >= 15 is 0 Å². The highest BCUT2D eigenvalue weighted by Gasteiger charge is 2.15. The molecule has 0 N–H and O–H groups in total. The third-order valence-electron chi connectivity index (χ3n) is 2.05. The maximum Gasteiger partial charge on any atom is 0.232 e. The van der Waals surface area contributed by atoms with E-state index in [0.29, 0.717) is 6.04 Å². The molecular weight excluding hydrogens is 208 g/mol. The van der Waals surface area contributed by atoms with Crippen molar-refractivity contribution in [2.75, 3.05) is 4.90 Å². The van der Waals surface area contributed by atoms with E-state index < -0.39 is 0 Å². The average molecular weight is 220 g/mol. The predicted molar refractivity (Wildman–Crippen MR) is 61.4 cm³/mol. The van der Waals surface area contributed by atoms with Crippen molar-refractivity contribution in [3.05, 3.63) is 30.3 Å². The molecule has 1 aromatic carbocycles. The van der Waals surface area contributed by atoms with Crippen molar-refractivity contribution < 1.29 is 0 Å². The topological polar surface area (TPSA) is 41.9 Å². The van der Waals surface area contributed by atoms with Crippen molar-refractivity contribution in [1.82, 2.24) is 14.8 Å². The molecule has 0 atom stereocenters. The molecule has 2 rings (SSSR count). The second-order valence-electron chi connectivity index (χ2n) is 3.44. The predicted octanol–water partition coefficient (Wildman–Crippen LogP) is 2.48. The Morgan fingerprint density at radius 2 is 1.93 bits per heavy atom. The molecule has 0 aliphatic rings. The summed E-state index contributed by atoms with van der Waals surface area (Å²) in [5, 5.41) is 8.46. The Morgan fingerprint density at radius 3 is 2.47 bits per heavy atom. The van der Waals surface area contributed by atoms with Crippen molar-refractivity contribution in [2.45, 2.75) is 19.9 Å². The SMILES string of the molecule is CC(C)N(c1ccccc1)c1nnns1. The van der Waals surface area contributed by atoms with Gasteiger partial charge < -0.3 is 4.90 Å². The first-order chi connectivity index (χ1) is 7.29. The Kier molecular flexibility index (Phi) is 2.91. The van der Waals surface area contributed by atoms with E-state index in [0.717, 1.165) is 10.8 Å². The maximum absolute atomic E-state index is 4.00. The fraction of sp³-hybridized carbons (Fsp3) is 0.300. The number of hydrogen-bond donors (Lipinski definition) is 0. The maximum atomic E-state index is 4.00. The van der Waals surface area contributed by atoms with E-state index in [9.17, 15) is 0 Å². The first-order valence-corrected chi connectivity index (χ1v) is 5.55. The van der Waals surface area contributed by atoms with Gasteiger partial charge in [-0.2, -0.15) is 0 Å². The van der Waals surface area contributed by atoms with Gasteiger partial charge in [-0.05, 0) is 31.2 Å². The summed E-state index contributed by atoms with van der Waals surface area (Å²) in [5.41, 5.74) is 1.12. The Labute approximate surface area is 92.7 Å². The second-order valence-corrected chi connectivity index (χ2v) is 4.16. The third-order valence-corrected chi connectivity index (χ3v) is 2.64. The zero-order chi connectivity index (χ0) is 10.7. The number of anilines is 2. The fourth-order valence-electron chi connectivity index (χ4n) is 1.44. The van der Waals surface area contributed by atoms with E-state index in [1.807, 2.05) is 18.2 Å². The quantitative estimate of drug-likeness (QED) is 0.797. The van der Waals surface area contributed by atoms with Crippen LogP contribution in [0, 0.1) is 0 Å². The van der Waals surface area contributed by atoms with E-state index in [1.165, 1.54) is 11.5 Å². The first kappa shape index (κ1) is 10.0. The largest absolute Gasteiger partial charge is 0.313 e. The van der Waals surface area contributed by atoms with Crippen LogP contribution in [-0.2, 0) is 0 Å². The normalized spacial score (nSPS) is 10.6. The summed E-state index contributed by atoms with van der Waals surface area (Å²) in [6.45, 7) is 4.24. The lowest BCUT2D eigenvalue weighted by Gasteiger charge is -2.24. The summed E-state index contributed by atoms with van der Waals surface area (Å²) in [6, 6.07) is 10.5. The minimum Gasteiger partial charge on any atom is -0.313 e. The van der Waals surface area contributed by atoms with Crippen LogP contribution in [-0.4, -0.2) is 20.8 Å². The van der Waals surface area contributed by atoms with E-state index in [2.05, 4.69) is 45.7 Å². The molecule has 0 aliphatic carbocycles. The molecule has 0 fully saturated rings. The van der Waals surface area contributed by atoms with Crippen molar-refractivity contribution in [3.63, 3.8) is 0 Å². The van der Waals surface area contributed by atoms with Gasteiger partial charge in [0.05, 0.1) is 0 Å². The van der Waals surface area contributed by atoms with Gasteiger partial charge in [-0.1, -0.05) is 27.8 Å². The van der Waals surface area contributed by atoms with Crippen LogP contribution < -0.4 is 4.90 Å². The summed E-state index contributed by atoms with van der Waals surface area (Å²) in [5.74, 6) is 0. The highest BCUT2D eigenvalue weighted by atomic mass is 32.1. The molecular formula is C10H12N4S. The first-order valence-electron chi connectivity index (χ1n) is 4.78. The fourth-order valence-corrected chi connectivity index (χ4v) is 2.06. The molecule has 0 amide bonds. The lowest BCUT2D eigenvalue weighted by Crippen LogP contribution is -2.25. The summed E-state index contributed by atoms with van der Waals surface area (Å²) in [6.07, 6.45) is 0. The van der Waals surface area contributed by atoms with E-state index in [-0.39, 0.29) is 0 Å². The van der Waals surface area contributed by atoms with Crippen LogP contribution in [0.1, 0.15) is 13.8 Å². The molecule has 5 heteroatoms. The van der Waals surface area contributed by atoms with Crippen LogP contribution in [0.25, 0.3) is 0 Å². The summed E-state index contributed by atoms with van der Waals surface area (Å²) in [4.78, 5) is 2.12. The zero-order valence-corrected chi connectivity index (χ0v) is 9.48. The monoisotopic (exact) mass is 220 g/mol. The number of rotatable bonds is 3. The lowest BCUT2D eigenvalue weighted by molar-refractivity contribution is 0.775. The minimum absolute atomic E-state index is 0.335. The molecule has 0 saturated carbocycles. The number of aromatic nitrogens is 3. The van der Waals surface area contributed by atoms with Gasteiger partial charge in [0.2, 0.25) is 5.13 Å². The third kappa shape index (κ3) is 2.12. The van der Waals surface area contributed by atoms with Crippen molar-refractivity contribution in [3.8, 4) is 0 Å². The molecule has 0 spiro atoms. The van der Waals surface area contributed by atoms with Crippen LogP contribution in [0.15, 0.2) is 30.3 Å². The van der Waals surface area contributed by atoms with Gasteiger partial charge in [0.25, 0.3) is 0 Å². The highest BCUT2D eigenvalue weighted by molar-refractivity contribution is 7.09. The van der Waals surface area contributed by atoms with Crippen molar-refractivity contribution in [1.29, 1.82) is 0 Å².